The van der Waals surface area contributed by atoms with E-state index in [9.17, 15) is 18.0 Å². The summed E-state index contributed by atoms with van der Waals surface area (Å²) in [5, 5.41) is 3.08. The quantitative estimate of drug-likeness (QED) is 0.830. The van der Waals surface area contributed by atoms with E-state index in [0.29, 0.717) is 10.6 Å². The van der Waals surface area contributed by atoms with Crippen molar-refractivity contribution in [1.82, 2.24) is 5.32 Å². The lowest BCUT2D eigenvalue weighted by molar-refractivity contribution is -0.137. The predicted molar refractivity (Wildman–Crippen MR) is 86.5 cm³/mol. The van der Waals surface area contributed by atoms with Crippen molar-refractivity contribution in [2.75, 3.05) is 6.54 Å². The SMILES string of the molecule is O=C(Cc1ccccc1Cl)NCC#Cc1cccc(C(F)(F)F)c1. The topological polar surface area (TPSA) is 29.1 Å². The fraction of sp³-hybridized carbons (Fsp3) is 0.167. The third kappa shape index (κ3) is 5.32. The molecule has 1 N–H and O–H groups in total. The molecule has 0 fully saturated rings. The van der Waals surface area contributed by atoms with Crippen molar-refractivity contribution in [3.63, 3.8) is 0 Å². The van der Waals surface area contributed by atoms with Crippen molar-refractivity contribution in [3.8, 4) is 11.8 Å². The molecule has 0 radical (unpaired) electrons. The summed E-state index contributed by atoms with van der Waals surface area (Å²) < 4.78 is 37.8. The van der Waals surface area contributed by atoms with Gasteiger partial charge in [0.05, 0.1) is 18.5 Å². The van der Waals surface area contributed by atoms with Crippen LogP contribution in [0.25, 0.3) is 0 Å². The molecule has 6 heteroatoms. The number of rotatable bonds is 3. The summed E-state index contributed by atoms with van der Waals surface area (Å²) in [7, 11) is 0. The van der Waals surface area contributed by atoms with Gasteiger partial charge in [0.1, 0.15) is 0 Å². The molecule has 124 valence electrons. The van der Waals surface area contributed by atoms with Gasteiger partial charge in [0.2, 0.25) is 5.91 Å². The first-order chi connectivity index (χ1) is 11.4. The monoisotopic (exact) mass is 351 g/mol. The van der Waals surface area contributed by atoms with E-state index in [0.717, 1.165) is 12.1 Å². The molecule has 24 heavy (non-hydrogen) atoms. The highest BCUT2D eigenvalue weighted by Crippen LogP contribution is 2.29. The highest BCUT2D eigenvalue weighted by Gasteiger charge is 2.30. The third-order valence-corrected chi connectivity index (χ3v) is 3.47. The van der Waals surface area contributed by atoms with Crippen molar-refractivity contribution in [3.05, 3.63) is 70.2 Å². The van der Waals surface area contributed by atoms with Gasteiger partial charge in [-0.25, -0.2) is 0 Å². The highest BCUT2D eigenvalue weighted by atomic mass is 35.5. The Morgan fingerprint density at radius 1 is 1.12 bits per heavy atom. The lowest BCUT2D eigenvalue weighted by atomic mass is 10.1. The smallest absolute Gasteiger partial charge is 0.345 e. The van der Waals surface area contributed by atoms with Gasteiger partial charge in [-0.2, -0.15) is 13.2 Å². The second kappa shape index (κ2) is 7.89. The molecular formula is C18H13ClF3NO. The van der Waals surface area contributed by atoms with Crippen LogP contribution in [0.3, 0.4) is 0 Å². The molecule has 2 nitrogen and oxygen atoms in total. The van der Waals surface area contributed by atoms with Gasteiger partial charge < -0.3 is 5.32 Å². The number of carbonyl (C=O) groups is 1. The molecule has 0 atom stereocenters. The van der Waals surface area contributed by atoms with E-state index in [2.05, 4.69) is 17.2 Å². The molecule has 0 saturated heterocycles. The summed E-state index contributed by atoms with van der Waals surface area (Å²) in [6, 6.07) is 11.7. The van der Waals surface area contributed by atoms with Gasteiger partial charge in [-0.05, 0) is 29.8 Å². The van der Waals surface area contributed by atoms with Crippen LogP contribution >= 0.6 is 11.6 Å². The van der Waals surface area contributed by atoms with Gasteiger partial charge >= 0.3 is 6.18 Å². The molecule has 0 spiro atoms. The van der Waals surface area contributed by atoms with Gasteiger partial charge in [0.25, 0.3) is 0 Å². The van der Waals surface area contributed by atoms with Crippen LogP contribution in [-0.4, -0.2) is 12.5 Å². The Bertz CT molecular complexity index is 791. The molecule has 0 saturated carbocycles. The van der Waals surface area contributed by atoms with Gasteiger partial charge in [0.15, 0.2) is 0 Å². The van der Waals surface area contributed by atoms with E-state index >= 15 is 0 Å². The predicted octanol–water partition coefficient (Wildman–Crippen LogP) is 4.07. The van der Waals surface area contributed by atoms with Crippen molar-refractivity contribution in [1.29, 1.82) is 0 Å². The van der Waals surface area contributed by atoms with E-state index in [1.165, 1.54) is 12.1 Å². The van der Waals surface area contributed by atoms with Crippen LogP contribution in [0, 0.1) is 11.8 Å². The average Bonchev–Trinajstić information content (AvgIpc) is 2.53. The van der Waals surface area contributed by atoms with E-state index in [1.54, 1.807) is 24.3 Å². The van der Waals surface area contributed by atoms with Crippen molar-refractivity contribution in [2.24, 2.45) is 0 Å². The molecular weight excluding hydrogens is 339 g/mol. The summed E-state index contributed by atoms with van der Waals surface area (Å²) in [5.74, 6) is 4.96. The van der Waals surface area contributed by atoms with Crippen LogP contribution in [0.5, 0.6) is 0 Å². The number of carbonyl (C=O) groups excluding carboxylic acids is 1. The minimum absolute atomic E-state index is 0.0412. The number of benzene rings is 2. The fourth-order valence-corrected chi connectivity index (χ4v) is 2.14. The maximum absolute atomic E-state index is 12.6. The Balaban J connectivity index is 1.90. The third-order valence-electron chi connectivity index (χ3n) is 3.11. The fourth-order valence-electron chi connectivity index (χ4n) is 1.94. The Morgan fingerprint density at radius 2 is 1.88 bits per heavy atom. The number of nitrogens with one attached hydrogen (secondary N) is 1. The van der Waals surface area contributed by atoms with E-state index in [1.807, 2.05) is 0 Å². The van der Waals surface area contributed by atoms with Crippen LogP contribution in [0.15, 0.2) is 48.5 Å². The van der Waals surface area contributed by atoms with E-state index in [4.69, 9.17) is 11.6 Å². The lowest BCUT2D eigenvalue weighted by Crippen LogP contribution is -2.25. The first-order valence-electron chi connectivity index (χ1n) is 7.02. The molecule has 2 aromatic rings. The van der Waals surface area contributed by atoms with Gasteiger partial charge in [-0.15, -0.1) is 0 Å². The maximum atomic E-state index is 12.6. The van der Waals surface area contributed by atoms with Crippen molar-refractivity contribution >= 4 is 17.5 Å². The number of hydrogen-bond donors (Lipinski definition) is 1. The Kier molecular flexibility index (Phi) is 5.88. The number of amides is 1. The normalized spacial score (nSPS) is 10.7. The van der Waals surface area contributed by atoms with Crippen LogP contribution in [-0.2, 0) is 17.4 Å². The largest absolute Gasteiger partial charge is 0.416 e. The van der Waals surface area contributed by atoms with E-state index in [-0.39, 0.29) is 24.4 Å². The zero-order valence-corrected chi connectivity index (χ0v) is 13.2. The Hall–Kier alpha value is -2.45. The van der Waals surface area contributed by atoms with Crippen molar-refractivity contribution < 1.29 is 18.0 Å². The highest BCUT2D eigenvalue weighted by molar-refractivity contribution is 6.31. The average molecular weight is 352 g/mol. The Labute approximate surface area is 142 Å². The first kappa shape index (κ1) is 17.9. The summed E-state index contributed by atoms with van der Waals surface area (Å²) >= 11 is 5.96. The van der Waals surface area contributed by atoms with Gasteiger partial charge in [0, 0.05) is 10.6 Å². The number of halogens is 4. The molecule has 2 rings (SSSR count). The molecule has 2 aromatic carbocycles. The zero-order chi connectivity index (χ0) is 17.6. The van der Waals surface area contributed by atoms with Crippen LogP contribution in [0.4, 0.5) is 13.2 Å². The standard InChI is InChI=1S/C18H13ClF3NO/c19-16-9-2-1-7-14(16)12-17(24)23-10-4-6-13-5-3-8-15(11-13)18(20,21)22/h1-3,5,7-9,11H,10,12H2,(H,23,24). The maximum Gasteiger partial charge on any atom is 0.416 e. The Morgan fingerprint density at radius 3 is 2.58 bits per heavy atom. The second-order valence-electron chi connectivity index (χ2n) is 4.93. The molecule has 0 aromatic heterocycles. The van der Waals surface area contributed by atoms with Gasteiger partial charge in [-0.3, -0.25) is 4.79 Å². The second-order valence-corrected chi connectivity index (χ2v) is 5.33. The summed E-state index contributed by atoms with van der Waals surface area (Å²) in [6.45, 7) is 0.0412. The van der Waals surface area contributed by atoms with Crippen molar-refractivity contribution in [2.45, 2.75) is 12.6 Å². The van der Waals surface area contributed by atoms with Crippen LogP contribution in [0.1, 0.15) is 16.7 Å². The molecule has 0 aliphatic heterocycles. The molecule has 0 aliphatic rings. The summed E-state index contributed by atoms with van der Waals surface area (Å²) in [5.41, 5.74) is 0.185. The minimum atomic E-state index is -4.40. The molecule has 0 heterocycles. The first-order valence-corrected chi connectivity index (χ1v) is 7.40. The summed E-state index contributed by atoms with van der Waals surface area (Å²) in [6.07, 6.45) is -4.29. The number of hydrogen-bond acceptors (Lipinski definition) is 1. The molecule has 0 unspecified atom stereocenters. The van der Waals surface area contributed by atoms with Crippen LogP contribution < -0.4 is 5.32 Å². The summed E-state index contributed by atoms with van der Waals surface area (Å²) in [4.78, 5) is 11.8. The minimum Gasteiger partial charge on any atom is -0.345 e. The number of alkyl halides is 3. The molecule has 0 bridgehead atoms. The molecule has 0 aliphatic carbocycles. The van der Waals surface area contributed by atoms with Gasteiger partial charge in [-0.1, -0.05) is 47.7 Å². The molecule has 1 amide bonds. The van der Waals surface area contributed by atoms with E-state index < -0.39 is 11.7 Å². The van der Waals surface area contributed by atoms with Crippen LogP contribution in [0.2, 0.25) is 5.02 Å². The lowest BCUT2D eigenvalue weighted by Gasteiger charge is -2.06. The zero-order valence-electron chi connectivity index (χ0n) is 12.5.